The summed E-state index contributed by atoms with van der Waals surface area (Å²) in [6.45, 7) is 0.239. The Hall–Kier alpha value is -3.59. The molecule has 2 heterocycles. The largest absolute Gasteiger partial charge is 0.497 e. The summed E-state index contributed by atoms with van der Waals surface area (Å²) >= 11 is 0. The van der Waals surface area contributed by atoms with E-state index in [1.54, 1.807) is 54.4 Å². The number of rotatable bonds is 5. The van der Waals surface area contributed by atoms with Gasteiger partial charge in [0.05, 0.1) is 38.3 Å². The predicted molar refractivity (Wildman–Crippen MR) is 123 cm³/mol. The number of benzene rings is 2. The third-order valence-corrected chi connectivity index (χ3v) is 6.22. The second-order valence-corrected chi connectivity index (χ2v) is 8.35. The smallest absolute Gasteiger partial charge is 0.308 e. The van der Waals surface area contributed by atoms with Gasteiger partial charge < -0.3 is 29.2 Å². The van der Waals surface area contributed by atoms with E-state index < -0.39 is 0 Å². The summed E-state index contributed by atoms with van der Waals surface area (Å²) in [6, 6.07) is 11.6. The number of likely N-dealkylation sites (N-methyl/N-ethyl adjacent to an activating group) is 1. The Morgan fingerprint density at radius 2 is 1.97 bits per heavy atom. The lowest BCUT2D eigenvalue weighted by molar-refractivity contribution is -0.151. The van der Waals surface area contributed by atoms with Crippen molar-refractivity contribution in [1.29, 1.82) is 0 Å². The molecule has 3 atom stereocenters. The van der Waals surface area contributed by atoms with Gasteiger partial charge in [-0.05, 0) is 49.2 Å². The zero-order valence-electron chi connectivity index (χ0n) is 19.4. The van der Waals surface area contributed by atoms with Crippen molar-refractivity contribution in [3.8, 4) is 11.5 Å². The van der Waals surface area contributed by atoms with Crippen molar-refractivity contribution in [2.24, 2.45) is 0 Å². The molecule has 0 aliphatic carbocycles. The first kappa shape index (κ1) is 23.6. The van der Waals surface area contributed by atoms with Gasteiger partial charge in [0.15, 0.2) is 0 Å². The SMILES string of the molecule is COC(=O)C[C@H]1CC[C@@H]2[C@H](COc3ccc(NC(=O)c4cccc(OC)c4)cc3C(=O)N2C)O1. The maximum absolute atomic E-state index is 13.3. The minimum Gasteiger partial charge on any atom is -0.497 e. The first-order valence-corrected chi connectivity index (χ1v) is 11.1. The van der Waals surface area contributed by atoms with Crippen molar-refractivity contribution in [2.75, 3.05) is 33.2 Å². The Kier molecular flexibility index (Phi) is 7.02. The van der Waals surface area contributed by atoms with E-state index in [0.717, 1.165) is 0 Å². The van der Waals surface area contributed by atoms with Crippen molar-refractivity contribution in [3.63, 3.8) is 0 Å². The van der Waals surface area contributed by atoms with Crippen molar-refractivity contribution in [3.05, 3.63) is 53.6 Å². The summed E-state index contributed by atoms with van der Waals surface area (Å²) < 4.78 is 22.0. The number of hydrogen-bond acceptors (Lipinski definition) is 7. The van der Waals surface area contributed by atoms with Crippen LogP contribution < -0.4 is 14.8 Å². The minimum atomic E-state index is -0.363. The standard InChI is InChI=1S/C25H28N2O7/c1-27-20-9-8-18(13-23(28)32-3)34-22(20)14-33-21-10-7-16(12-19(21)25(27)30)26-24(29)15-5-4-6-17(11-15)31-2/h4-7,10-12,18,20,22H,8-9,13-14H2,1-3H3,(H,26,29)/t18-,20-,22+/m1/s1. The van der Waals surface area contributed by atoms with Gasteiger partial charge in [-0.3, -0.25) is 14.4 Å². The fraction of sp³-hybridized carbons (Fsp3) is 0.400. The topological polar surface area (TPSA) is 103 Å². The molecule has 2 aliphatic heterocycles. The number of carbonyl (C=O) groups is 3. The number of amides is 2. The molecule has 34 heavy (non-hydrogen) atoms. The third-order valence-electron chi connectivity index (χ3n) is 6.22. The van der Waals surface area contributed by atoms with Gasteiger partial charge in [-0.2, -0.15) is 0 Å². The van der Waals surface area contributed by atoms with E-state index in [0.29, 0.717) is 41.2 Å². The molecule has 0 unspecified atom stereocenters. The van der Waals surface area contributed by atoms with Crippen molar-refractivity contribution in [2.45, 2.75) is 37.5 Å². The summed E-state index contributed by atoms with van der Waals surface area (Å²) in [5, 5.41) is 2.83. The van der Waals surface area contributed by atoms with Gasteiger partial charge in [-0.15, -0.1) is 0 Å². The molecular formula is C25H28N2O7. The molecule has 2 aromatic rings. The highest BCUT2D eigenvalue weighted by Gasteiger charge is 2.39. The van der Waals surface area contributed by atoms with Crippen LogP contribution in [-0.2, 0) is 14.3 Å². The van der Waals surface area contributed by atoms with Crippen LogP contribution in [0.2, 0.25) is 0 Å². The van der Waals surface area contributed by atoms with Gasteiger partial charge in [0, 0.05) is 18.3 Å². The first-order chi connectivity index (χ1) is 16.4. The highest BCUT2D eigenvalue weighted by molar-refractivity contribution is 6.05. The van der Waals surface area contributed by atoms with E-state index in [1.807, 2.05) is 0 Å². The minimum absolute atomic E-state index is 0.171. The van der Waals surface area contributed by atoms with Crippen LogP contribution in [-0.4, -0.2) is 68.8 Å². The number of hydrogen-bond donors (Lipinski definition) is 1. The molecule has 2 amide bonds. The molecule has 9 nitrogen and oxygen atoms in total. The number of esters is 1. The molecule has 4 rings (SSSR count). The van der Waals surface area contributed by atoms with Gasteiger partial charge in [0.25, 0.3) is 11.8 Å². The van der Waals surface area contributed by atoms with Crippen LogP contribution in [0.1, 0.15) is 40.0 Å². The molecule has 2 aliphatic rings. The molecule has 0 spiro atoms. The second kappa shape index (κ2) is 10.1. The van der Waals surface area contributed by atoms with E-state index in [2.05, 4.69) is 5.32 Å². The van der Waals surface area contributed by atoms with Crippen LogP contribution in [0, 0.1) is 0 Å². The number of anilines is 1. The first-order valence-electron chi connectivity index (χ1n) is 11.1. The summed E-state index contributed by atoms with van der Waals surface area (Å²) in [7, 11) is 4.62. The Bertz CT molecular complexity index is 1090. The van der Waals surface area contributed by atoms with Crippen molar-refractivity contribution in [1.82, 2.24) is 4.90 Å². The maximum Gasteiger partial charge on any atom is 0.308 e. The molecule has 2 aromatic carbocycles. The number of ether oxygens (including phenoxy) is 4. The van der Waals surface area contributed by atoms with E-state index in [4.69, 9.17) is 18.9 Å². The fourth-order valence-electron chi connectivity index (χ4n) is 4.34. The Labute approximate surface area is 197 Å². The lowest BCUT2D eigenvalue weighted by Gasteiger charge is -2.42. The van der Waals surface area contributed by atoms with E-state index in [9.17, 15) is 14.4 Å². The van der Waals surface area contributed by atoms with Crippen LogP contribution in [0.15, 0.2) is 42.5 Å². The average Bonchev–Trinajstić information content (AvgIpc) is 2.86. The van der Waals surface area contributed by atoms with Crippen LogP contribution in [0.4, 0.5) is 5.69 Å². The molecule has 1 saturated heterocycles. The van der Waals surface area contributed by atoms with Crippen LogP contribution in [0.3, 0.4) is 0 Å². The van der Waals surface area contributed by atoms with Crippen LogP contribution in [0.5, 0.6) is 11.5 Å². The summed E-state index contributed by atoms with van der Waals surface area (Å²) in [4.78, 5) is 39.3. The Morgan fingerprint density at radius 3 is 2.74 bits per heavy atom. The van der Waals surface area contributed by atoms with E-state index >= 15 is 0 Å². The highest BCUT2D eigenvalue weighted by Crippen LogP contribution is 2.32. The normalized spacial score (nSPS) is 21.8. The number of nitrogens with zero attached hydrogens (tertiary/aromatic N) is 1. The zero-order valence-corrected chi connectivity index (χ0v) is 19.4. The number of fused-ring (bicyclic) bond motifs is 2. The summed E-state index contributed by atoms with van der Waals surface area (Å²) in [6.07, 6.45) is 0.855. The molecule has 0 saturated carbocycles. The molecular weight excluding hydrogens is 440 g/mol. The molecule has 9 heteroatoms. The van der Waals surface area contributed by atoms with Crippen molar-refractivity contribution >= 4 is 23.5 Å². The molecule has 0 radical (unpaired) electrons. The highest BCUT2D eigenvalue weighted by atomic mass is 16.6. The van der Waals surface area contributed by atoms with Gasteiger partial charge in [-0.1, -0.05) is 6.07 Å². The number of nitrogens with one attached hydrogen (secondary N) is 1. The third kappa shape index (κ3) is 4.99. The van der Waals surface area contributed by atoms with Crippen LogP contribution in [0.25, 0.3) is 0 Å². The van der Waals surface area contributed by atoms with Gasteiger partial charge in [0.1, 0.15) is 24.2 Å². The maximum atomic E-state index is 13.3. The lowest BCUT2D eigenvalue weighted by Crippen LogP contribution is -2.53. The van der Waals surface area contributed by atoms with E-state index in [-0.39, 0.29) is 49.1 Å². The summed E-state index contributed by atoms with van der Waals surface area (Å²) in [5.74, 6) is 0.122. The summed E-state index contributed by atoms with van der Waals surface area (Å²) in [5.41, 5.74) is 1.28. The second-order valence-electron chi connectivity index (χ2n) is 8.35. The zero-order chi connectivity index (χ0) is 24.2. The molecule has 1 N–H and O–H groups in total. The number of carbonyl (C=O) groups excluding carboxylic acids is 3. The Balaban J connectivity index is 1.51. The molecule has 0 bridgehead atoms. The van der Waals surface area contributed by atoms with Gasteiger partial charge in [0.2, 0.25) is 0 Å². The van der Waals surface area contributed by atoms with Crippen LogP contribution >= 0.6 is 0 Å². The lowest BCUT2D eigenvalue weighted by atomic mass is 9.94. The quantitative estimate of drug-likeness (QED) is 0.673. The fourth-order valence-corrected chi connectivity index (χ4v) is 4.34. The van der Waals surface area contributed by atoms with Gasteiger partial charge >= 0.3 is 5.97 Å². The number of methoxy groups -OCH3 is 2. The average molecular weight is 469 g/mol. The predicted octanol–water partition coefficient (Wildman–Crippen LogP) is 2.89. The molecule has 180 valence electrons. The van der Waals surface area contributed by atoms with E-state index in [1.165, 1.54) is 14.2 Å². The molecule has 1 fully saturated rings. The Morgan fingerprint density at radius 1 is 1.15 bits per heavy atom. The van der Waals surface area contributed by atoms with Gasteiger partial charge in [-0.25, -0.2) is 0 Å². The monoisotopic (exact) mass is 468 g/mol. The molecule has 0 aromatic heterocycles. The van der Waals surface area contributed by atoms with Crippen molar-refractivity contribution < 1.29 is 33.3 Å².